The molecular formula is C22H14ClN3. The molecule has 2 N–H and O–H groups in total. The minimum absolute atomic E-state index is 0.478. The van der Waals surface area contributed by atoms with E-state index >= 15 is 0 Å². The molecule has 4 aromatic rings. The number of nitrogens with zero attached hydrogens (tertiary/aromatic N) is 2. The summed E-state index contributed by atoms with van der Waals surface area (Å²) >= 11 is 6.18. The topological polar surface area (TPSA) is 62.7 Å². The van der Waals surface area contributed by atoms with Gasteiger partial charge in [0.25, 0.3) is 0 Å². The quantitative estimate of drug-likeness (QED) is 0.503. The van der Waals surface area contributed by atoms with Gasteiger partial charge in [-0.2, -0.15) is 5.26 Å². The lowest BCUT2D eigenvalue weighted by atomic mass is 9.97. The zero-order valence-electron chi connectivity index (χ0n) is 13.8. The third-order valence-electron chi connectivity index (χ3n) is 4.40. The Morgan fingerprint density at radius 2 is 1.46 bits per heavy atom. The summed E-state index contributed by atoms with van der Waals surface area (Å²) < 4.78 is 0. The summed E-state index contributed by atoms with van der Waals surface area (Å²) in [4.78, 5) is 4.32. The van der Waals surface area contributed by atoms with Gasteiger partial charge in [0.1, 0.15) is 5.82 Å². The molecule has 0 aliphatic heterocycles. The number of halogens is 1. The fourth-order valence-electron chi connectivity index (χ4n) is 3.07. The predicted molar refractivity (Wildman–Crippen MR) is 107 cm³/mol. The van der Waals surface area contributed by atoms with Crippen LogP contribution in [0.15, 0.2) is 72.9 Å². The van der Waals surface area contributed by atoms with Crippen molar-refractivity contribution in [2.75, 3.05) is 5.73 Å². The lowest BCUT2D eigenvalue weighted by molar-refractivity contribution is 1.37. The smallest absolute Gasteiger partial charge is 0.131 e. The monoisotopic (exact) mass is 355 g/mol. The zero-order valence-corrected chi connectivity index (χ0v) is 14.5. The van der Waals surface area contributed by atoms with Crippen LogP contribution in [0.3, 0.4) is 0 Å². The van der Waals surface area contributed by atoms with Crippen molar-refractivity contribution in [2.45, 2.75) is 0 Å². The highest BCUT2D eigenvalue weighted by molar-refractivity contribution is 6.31. The third kappa shape index (κ3) is 2.88. The minimum atomic E-state index is 0.478. The Hall–Kier alpha value is -3.35. The van der Waals surface area contributed by atoms with Gasteiger partial charge in [0.2, 0.25) is 0 Å². The molecule has 1 aromatic heterocycles. The summed E-state index contributed by atoms with van der Waals surface area (Å²) in [6.07, 6.45) is 1.76. The van der Waals surface area contributed by atoms with E-state index in [-0.39, 0.29) is 0 Å². The van der Waals surface area contributed by atoms with E-state index in [2.05, 4.69) is 11.1 Å². The van der Waals surface area contributed by atoms with Crippen LogP contribution in [0.1, 0.15) is 5.56 Å². The molecule has 26 heavy (non-hydrogen) atoms. The maximum Gasteiger partial charge on any atom is 0.131 e. The number of rotatable bonds is 2. The maximum absolute atomic E-state index is 8.92. The molecule has 0 aliphatic carbocycles. The van der Waals surface area contributed by atoms with Gasteiger partial charge in [-0.1, -0.05) is 54.1 Å². The molecule has 0 spiro atoms. The number of nitriles is 1. The first kappa shape index (κ1) is 16.1. The number of hydrogen-bond donors (Lipinski definition) is 1. The summed E-state index contributed by atoms with van der Waals surface area (Å²) in [6.45, 7) is 0. The van der Waals surface area contributed by atoms with Crippen molar-refractivity contribution in [1.82, 2.24) is 4.98 Å². The molecule has 4 heteroatoms. The molecule has 124 valence electrons. The van der Waals surface area contributed by atoms with Crippen molar-refractivity contribution < 1.29 is 0 Å². The van der Waals surface area contributed by atoms with Crippen molar-refractivity contribution in [3.8, 4) is 28.3 Å². The van der Waals surface area contributed by atoms with Crippen molar-refractivity contribution >= 4 is 28.2 Å². The van der Waals surface area contributed by atoms with Gasteiger partial charge in [-0.15, -0.1) is 0 Å². The van der Waals surface area contributed by atoms with E-state index in [4.69, 9.17) is 22.6 Å². The van der Waals surface area contributed by atoms with Crippen molar-refractivity contribution in [2.24, 2.45) is 0 Å². The Balaban J connectivity index is 1.80. The van der Waals surface area contributed by atoms with Crippen LogP contribution in [-0.2, 0) is 0 Å². The zero-order chi connectivity index (χ0) is 18.1. The van der Waals surface area contributed by atoms with Crippen molar-refractivity contribution in [3.05, 3.63) is 83.5 Å². The van der Waals surface area contributed by atoms with Gasteiger partial charge in [-0.25, -0.2) is 4.98 Å². The Bertz CT molecular complexity index is 1140. The summed E-state index contributed by atoms with van der Waals surface area (Å²) in [6, 6.07) is 23.5. The van der Waals surface area contributed by atoms with Crippen LogP contribution >= 0.6 is 11.6 Å². The van der Waals surface area contributed by atoms with Crippen molar-refractivity contribution in [3.63, 3.8) is 0 Å². The lowest BCUT2D eigenvalue weighted by Gasteiger charge is -2.11. The van der Waals surface area contributed by atoms with Crippen LogP contribution in [0.5, 0.6) is 0 Å². The Morgan fingerprint density at radius 3 is 2.12 bits per heavy atom. The fraction of sp³-hybridized carbons (Fsp3) is 0. The second-order valence-electron chi connectivity index (χ2n) is 6.02. The van der Waals surface area contributed by atoms with Crippen LogP contribution in [0.25, 0.3) is 33.0 Å². The number of benzene rings is 3. The van der Waals surface area contributed by atoms with Gasteiger partial charge in [0, 0.05) is 22.2 Å². The molecule has 0 unspecified atom stereocenters. The molecule has 0 amide bonds. The molecule has 0 aliphatic rings. The van der Waals surface area contributed by atoms with E-state index in [0.29, 0.717) is 16.4 Å². The normalized spacial score (nSPS) is 10.6. The minimum Gasteiger partial charge on any atom is -0.383 e. The average Bonchev–Trinajstić information content (AvgIpc) is 2.68. The molecule has 3 nitrogen and oxygen atoms in total. The molecule has 0 atom stereocenters. The van der Waals surface area contributed by atoms with Crippen LogP contribution in [-0.4, -0.2) is 4.98 Å². The Morgan fingerprint density at radius 1 is 0.846 bits per heavy atom. The van der Waals surface area contributed by atoms with Gasteiger partial charge in [-0.3, -0.25) is 0 Å². The van der Waals surface area contributed by atoms with Gasteiger partial charge in [-0.05, 0) is 46.3 Å². The van der Waals surface area contributed by atoms with E-state index in [1.54, 1.807) is 6.20 Å². The van der Waals surface area contributed by atoms with E-state index in [1.165, 1.54) is 0 Å². The van der Waals surface area contributed by atoms with Gasteiger partial charge in [0.05, 0.1) is 11.6 Å². The number of nitrogen functional groups attached to an aromatic ring is 1. The molecular weight excluding hydrogens is 342 g/mol. The molecule has 3 aromatic carbocycles. The molecule has 1 heterocycles. The molecule has 0 radical (unpaired) electrons. The lowest BCUT2D eigenvalue weighted by Crippen LogP contribution is -1.95. The first-order valence-electron chi connectivity index (χ1n) is 8.10. The van der Waals surface area contributed by atoms with Crippen LogP contribution in [0.2, 0.25) is 5.02 Å². The average molecular weight is 356 g/mol. The van der Waals surface area contributed by atoms with E-state index < -0.39 is 0 Å². The summed E-state index contributed by atoms with van der Waals surface area (Å²) in [5.41, 5.74) is 10.8. The predicted octanol–water partition coefficient (Wildman–Crippen LogP) is 5.68. The Labute approximate surface area is 156 Å². The molecule has 0 saturated carbocycles. The summed E-state index contributed by atoms with van der Waals surface area (Å²) in [5.74, 6) is 0.478. The first-order valence-corrected chi connectivity index (χ1v) is 8.48. The van der Waals surface area contributed by atoms with Crippen LogP contribution < -0.4 is 5.73 Å². The van der Waals surface area contributed by atoms with Crippen molar-refractivity contribution in [1.29, 1.82) is 5.26 Å². The van der Waals surface area contributed by atoms with Crippen LogP contribution in [0.4, 0.5) is 5.82 Å². The SMILES string of the molecule is N#Cc1ccc(-c2ccc(-c3c(N)ncc4ccc(Cl)cc34)cc2)cc1. The summed E-state index contributed by atoms with van der Waals surface area (Å²) in [5, 5.41) is 11.6. The van der Waals surface area contributed by atoms with Gasteiger partial charge < -0.3 is 5.73 Å². The van der Waals surface area contributed by atoms with Gasteiger partial charge >= 0.3 is 0 Å². The first-order chi connectivity index (χ1) is 12.7. The number of nitrogens with two attached hydrogens (primary N) is 1. The van der Waals surface area contributed by atoms with E-state index in [0.717, 1.165) is 33.0 Å². The number of anilines is 1. The highest BCUT2D eigenvalue weighted by atomic mass is 35.5. The highest BCUT2D eigenvalue weighted by Gasteiger charge is 2.10. The fourth-order valence-corrected chi connectivity index (χ4v) is 3.24. The van der Waals surface area contributed by atoms with E-state index in [9.17, 15) is 0 Å². The van der Waals surface area contributed by atoms with E-state index in [1.807, 2.05) is 66.7 Å². The molecule has 4 rings (SSSR count). The number of pyridine rings is 1. The Kier molecular flexibility index (Phi) is 4.04. The third-order valence-corrected chi connectivity index (χ3v) is 4.64. The second kappa shape index (κ2) is 6.51. The highest BCUT2D eigenvalue weighted by Crippen LogP contribution is 2.35. The van der Waals surface area contributed by atoms with Crippen LogP contribution in [0, 0.1) is 11.3 Å². The second-order valence-corrected chi connectivity index (χ2v) is 6.45. The van der Waals surface area contributed by atoms with Gasteiger partial charge in [0.15, 0.2) is 0 Å². The molecule has 0 fully saturated rings. The number of hydrogen-bond acceptors (Lipinski definition) is 3. The molecule has 0 bridgehead atoms. The summed E-state index contributed by atoms with van der Waals surface area (Å²) in [7, 11) is 0. The molecule has 0 saturated heterocycles. The number of aromatic nitrogens is 1. The number of fused-ring (bicyclic) bond motifs is 1. The standard InChI is InChI=1S/C22H14ClN3/c23-19-10-9-18-13-26-22(25)21(20(18)11-19)17-7-5-16(6-8-17)15-3-1-14(12-24)2-4-15/h1-11,13H,(H2,25,26). The largest absolute Gasteiger partial charge is 0.383 e. The maximum atomic E-state index is 8.92.